The summed E-state index contributed by atoms with van der Waals surface area (Å²) in [5, 5.41) is 7.78. The zero-order valence-corrected chi connectivity index (χ0v) is 22.7. The van der Waals surface area contributed by atoms with Gasteiger partial charge in [0.15, 0.2) is 0 Å². The van der Waals surface area contributed by atoms with Crippen molar-refractivity contribution in [1.29, 1.82) is 0 Å². The van der Waals surface area contributed by atoms with Crippen LogP contribution in [0, 0.1) is 6.92 Å². The van der Waals surface area contributed by atoms with E-state index >= 15 is 0 Å². The molecule has 188 valence electrons. The average Bonchev–Trinajstić information content (AvgIpc) is 3.64. The van der Waals surface area contributed by atoms with Crippen LogP contribution < -0.4 is 0 Å². The van der Waals surface area contributed by atoms with Gasteiger partial charge < -0.3 is 9.13 Å². The Morgan fingerprint density at radius 1 is 0.450 bits per heavy atom. The van der Waals surface area contributed by atoms with Gasteiger partial charge in [0.1, 0.15) is 0 Å². The number of benzene rings is 6. The quantitative estimate of drug-likeness (QED) is 0.211. The predicted molar refractivity (Wildman–Crippen MR) is 173 cm³/mol. The number of aromatic nitrogens is 2. The number of hydrogen-bond donors (Lipinski definition) is 0. The maximum absolute atomic E-state index is 2.46. The van der Waals surface area contributed by atoms with E-state index in [1.165, 1.54) is 80.7 Å². The van der Waals surface area contributed by atoms with E-state index in [9.17, 15) is 0 Å². The minimum absolute atomic E-state index is 1.19. The Balaban J connectivity index is 1.39. The minimum atomic E-state index is 1.19. The first kappa shape index (κ1) is 22.0. The molecule has 3 heterocycles. The fraction of sp³-hybridized carbons (Fsp3) is 0.0270. The first-order chi connectivity index (χ1) is 19.8. The molecule has 9 aromatic rings. The van der Waals surface area contributed by atoms with Gasteiger partial charge in [-0.15, -0.1) is 11.3 Å². The molecule has 9 rings (SSSR count). The Kier molecular flexibility index (Phi) is 4.44. The summed E-state index contributed by atoms with van der Waals surface area (Å²) >= 11 is 1.88. The van der Waals surface area contributed by atoms with Gasteiger partial charge in [-0.3, -0.25) is 0 Å². The van der Waals surface area contributed by atoms with Crippen LogP contribution in [0.4, 0.5) is 0 Å². The molecule has 6 aromatic carbocycles. The maximum atomic E-state index is 2.46. The lowest BCUT2D eigenvalue weighted by Gasteiger charge is -2.11. The summed E-state index contributed by atoms with van der Waals surface area (Å²) in [6, 6.07) is 46.8. The van der Waals surface area contributed by atoms with Gasteiger partial charge in [0.25, 0.3) is 0 Å². The van der Waals surface area contributed by atoms with Gasteiger partial charge >= 0.3 is 0 Å². The Labute approximate surface area is 234 Å². The molecule has 0 saturated heterocycles. The van der Waals surface area contributed by atoms with E-state index in [0.29, 0.717) is 0 Å². The van der Waals surface area contributed by atoms with E-state index in [-0.39, 0.29) is 0 Å². The van der Waals surface area contributed by atoms with Crippen molar-refractivity contribution in [2.24, 2.45) is 0 Å². The first-order valence-electron chi connectivity index (χ1n) is 13.7. The number of hydrogen-bond acceptors (Lipinski definition) is 1. The molecule has 0 amide bonds. The van der Waals surface area contributed by atoms with E-state index in [1.807, 2.05) is 11.3 Å². The van der Waals surface area contributed by atoms with Crippen molar-refractivity contribution in [2.45, 2.75) is 6.92 Å². The highest BCUT2D eigenvalue weighted by atomic mass is 32.1. The standard InChI is InChI=1S/C37H24N2S/c1-23-17-19-33-28(21-23)27-11-4-7-14-32(27)39(33)34-15-8-16-36-37(34)29-22-24(18-20-35(29)40-36)38-30-12-5-2-9-25(30)26-10-3-6-13-31(26)38/h2-22H,1H3. The van der Waals surface area contributed by atoms with Gasteiger partial charge in [-0.05, 0) is 67.6 Å². The summed E-state index contributed by atoms with van der Waals surface area (Å²) in [4.78, 5) is 0. The molecule has 2 nitrogen and oxygen atoms in total. The second-order valence-corrected chi connectivity index (χ2v) is 11.8. The molecule has 0 atom stereocenters. The lowest BCUT2D eigenvalue weighted by atomic mass is 10.1. The largest absolute Gasteiger partial charge is 0.309 e. The molecule has 0 N–H and O–H groups in total. The summed E-state index contributed by atoms with van der Waals surface area (Å²) in [5.74, 6) is 0. The number of nitrogens with zero attached hydrogens (tertiary/aromatic N) is 2. The van der Waals surface area contributed by atoms with Crippen molar-refractivity contribution in [3.8, 4) is 11.4 Å². The van der Waals surface area contributed by atoms with Gasteiger partial charge in [-0.2, -0.15) is 0 Å². The second-order valence-electron chi connectivity index (χ2n) is 10.7. The monoisotopic (exact) mass is 528 g/mol. The predicted octanol–water partition coefficient (Wildman–Crippen LogP) is 10.6. The molecule has 3 heteroatoms. The molecular formula is C37H24N2S. The van der Waals surface area contributed by atoms with Gasteiger partial charge in [0.2, 0.25) is 0 Å². The second kappa shape index (κ2) is 8.08. The van der Waals surface area contributed by atoms with Gasteiger partial charge in [-0.25, -0.2) is 0 Å². The summed E-state index contributed by atoms with van der Waals surface area (Å²) in [7, 11) is 0. The molecule has 3 aromatic heterocycles. The minimum Gasteiger partial charge on any atom is -0.309 e. The van der Waals surface area contributed by atoms with Crippen molar-refractivity contribution in [1.82, 2.24) is 9.13 Å². The number of rotatable bonds is 2. The van der Waals surface area contributed by atoms with Gasteiger partial charge in [-0.1, -0.05) is 72.3 Å². The smallest absolute Gasteiger partial charge is 0.0555 e. The van der Waals surface area contributed by atoms with Crippen molar-refractivity contribution in [2.75, 3.05) is 0 Å². The third-order valence-electron chi connectivity index (χ3n) is 8.36. The van der Waals surface area contributed by atoms with E-state index in [1.54, 1.807) is 0 Å². The third-order valence-corrected chi connectivity index (χ3v) is 9.50. The molecule has 40 heavy (non-hydrogen) atoms. The van der Waals surface area contributed by atoms with Crippen LogP contribution in [0.2, 0.25) is 0 Å². The Hall–Kier alpha value is -4.86. The van der Waals surface area contributed by atoms with Crippen LogP contribution in [0.25, 0.3) is 75.2 Å². The van der Waals surface area contributed by atoms with Gasteiger partial charge in [0, 0.05) is 47.4 Å². The van der Waals surface area contributed by atoms with Crippen molar-refractivity contribution >= 4 is 75.1 Å². The fourth-order valence-electron chi connectivity index (χ4n) is 6.67. The van der Waals surface area contributed by atoms with E-state index in [0.717, 1.165) is 0 Å². The number of aryl methyl sites for hydroxylation is 1. The fourth-order valence-corrected chi connectivity index (χ4v) is 7.78. The highest BCUT2D eigenvalue weighted by molar-refractivity contribution is 7.25. The van der Waals surface area contributed by atoms with Crippen LogP contribution in [0.3, 0.4) is 0 Å². The van der Waals surface area contributed by atoms with Crippen LogP contribution in [-0.4, -0.2) is 9.13 Å². The molecule has 0 radical (unpaired) electrons. The maximum Gasteiger partial charge on any atom is 0.0555 e. The molecule has 0 bridgehead atoms. The van der Waals surface area contributed by atoms with Crippen molar-refractivity contribution in [3.63, 3.8) is 0 Å². The molecule has 0 spiro atoms. The van der Waals surface area contributed by atoms with E-state index in [4.69, 9.17) is 0 Å². The van der Waals surface area contributed by atoms with Crippen molar-refractivity contribution in [3.05, 3.63) is 133 Å². The van der Waals surface area contributed by atoms with Crippen LogP contribution >= 0.6 is 11.3 Å². The van der Waals surface area contributed by atoms with Crippen LogP contribution in [-0.2, 0) is 0 Å². The lowest BCUT2D eigenvalue weighted by molar-refractivity contribution is 1.19. The first-order valence-corrected chi connectivity index (χ1v) is 14.5. The zero-order chi connectivity index (χ0) is 26.4. The van der Waals surface area contributed by atoms with E-state index < -0.39 is 0 Å². The highest BCUT2D eigenvalue weighted by Crippen LogP contribution is 2.42. The summed E-state index contributed by atoms with van der Waals surface area (Å²) in [5.41, 5.74) is 8.67. The SMILES string of the molecule is Cc1ccc2c(c1)c1ccccc1n2-c1cccc2sc3ccc(-n4c5ccccc5c5ccccc54)cc3c12. The number of thiophene rings is 1. The zero-order valence-electron chi connectivity index (χ0n) is 21.9. The normalized spacial score (nSPS) is 12.1. The molecule has 0 unspecified atom stereocenters. The highest BCUT2D eigenvalue weighted by Gasteiger charge is 2.18. The summed E-state index contributed by atoms with van der Waals surface area (Å²) in [6.45, 7) is 2.18. The molecule has 0 aliphatic rings. The van der Waals surface area contributed by atoms with Crippen LogP contribution in [0.5, 0.6) is 0 Å². The molecule has 0 aliphatic carbocycles. The Morgan fingerprint density at radius 3 is 1.80 bits per heavy atom. The van der Waals surface area contributed by atoms with Crippen LogP contribution in [0.15, 0.2) is 127 Å². The molecule has 0 fully saturated rings. The average molecular weight is 529 g/mol. The lowest BCUT2D eigenvalue weighted by Crippen LogP contribution is -1.95. The Morgan fingerprint density at radius 2 is 1.07 bits per heavy atom. The van der Waals surface area contributed by atoms with Gasteiger partial charge in [0.05, 0.1) is 27.8 Å². The molecular weight excluding hydrogens is 504 g/mol. The Bertz CT molecular complexity index is 2400. The molecule has 0 aliphatic heterocycles. The third kappa shape index (κ3) is 2.93. The topological polar surface area (TPSA) is 9.86 Å². The number of para-hydroxylation sites is 3. The van der Waals surface area contributed by atoms with Crippen molar-refractivity contribution < 1.29 is 0 Å². The van der Waals surface area contributed by atoms with E-state index in [2.05, 4.69) is 143 Å². The van der Waals surface area contributed by atoms with Crippen LogP contribution in [0.1, 0.15) is 5.56 Å². The number of fused-ring (bicyclic) bond motifs is 9. The summed E-state index contributed by atoms with van der Waals surface area (Å²) < 4.78 is 7.50. The molecule has 0 saturated carbocycles. The summed E-state index contributed by atoms with van der Waals surface area (Å²) in [6.07, 6.45) is 0.